The molecule has 0 radical (unpaired) electrons. The van der Waals surface area contributed by atoms with Gasteiger partial charge < -0.3 is 5.32 Å². The van der Waals surface area contributed by atoms with Gasteiger partial charge in [-0.2, -0.15) is 0 Å². The second-order valence-corrected chi connectivity index (χ2v) is 6.44. The number of rotatable bonds is 4. The van der Waals surface area contributed by atoms with Crippen molar-refractivity contribution in [3.8, 4) is 0 Å². The standard InChI is InChI=1S/C13H13BrN2O2S/c1-8-3-4-12(13(5-8)16(17)18)15-7-10-6-11(14)9(2)19-10/h3-6,15H,7H2,1-2H3. The maximum Gasteiger partial charge on any atom is 0.292 e. The average Bonchev–Trinajstić information content (AvgIpc) is 2.67. The molecule has 0 aliphatic carbocycles. The van der Waals surface area contributed by atoms with Gasteiger partial charge >= 0.3 is 0 Å². The molecule has 1 aromatic heterocycles. The number of thiophene rings is 1. The lowest BCUT2D eigenvalue weighted by molar-refractivity contribution is -0.384. The molecule has 0 fully saturated rings. The Bertz CT molecular complexity index is 606. The second-order valence-electron chi connectivity index (χ2n) is 4.25. The van der Waals surface area contributed by atoms with Gasteiger partial charge in [0.1, 0.15) is 5.69 Å². The molecule has 1 aromatic carbocycles. The van der Waals surface area contributed by atoms with Gasteiger partial charge in [0.15, 0.2) is 0 Å². The van der Waals surface area contributed by atoms with Gasteiger partial charge in [0, 0.05) is 26.8 Å². The number of benzene rings is 1. The lowest BCUT2D eigenvalue weighted by atomic mass is 10.2. The van der Waals surface area contributed by atoms with Gasteiger partial charge in [-0.05, 0) is 47.5 Å². The SMILES string of the molecule is Cc1ccc(NCc2cc(Br)c(C)s2)c([N+](=O)[O-])c1. The fraction of sp³-hybridized carbons (Fsp3) is 0.231. The minimum atomic E-state index is -0.356. The average molecular weight is 341 g/mol. The predicted octanol–water partition coefficient (Wildman–Crippen LogP) is 4.65. The van der Waals surface area contributed by atoms with Crippen LogP contribution in [0, 0.1) is 24.0 Å². The van der Waals surface area contributed by atoms with E-state index >= 15 is 0 Å². The van der Waals surface area contributed by atoms with E-state index in [0.29, 0.717) is 12.2 Å². The van der Waals surface area contributed by atoms with Gasteiger partial charge in [-0.15, -0.1) is 11.3 Å². The van der Waals surface area contributed by atoms with Crippen molar-refractivity contribution in [2.24, 2.45) is 0 Å². The third kappa shape index (κ3) is 3.33. The molecule has 1 N–H and O–H groups in total. The van der Waals surface area contributed by atoms with Crippen molar-refractivity contribution in [3.05, 3.63) is 54.2 Å². The quantitative estimate of drug-likeness (QED) is 0.651. The molecule has 1 heterocycles. The number of nitrogens with zero attached hydrogens (tertiary/aromatic N) is 1. The minimum Gasteiger partial charge on any atom is -0.375 e. The van der Waals surface area contributed by atoms with Gasteiger partial charge in [-0.1, -0.05) is 6.07 Å². The van der Waals surface area contributed by atoms with Crippen LogP contribution < -0.4 is 5.32 Å². The van der Waals surface area contributed by atoms with Crippen molar-refractivity contribution < 1.29 is 4.92 Å². The minimum absolute atomic E-state index is 0.118. The summed E-state index contributed by atoms with van der Waals surface area (Å²) in [7, 11) is 0. The first-order valence-electron chi connectivity index (χ1n) is 5.71. The van der Waals surface area contributed by atoms with E-state index in [1.807, 2.05) is 26.0 Å². The summed E-state index contributed by atoms with van der Waals surface area (Å²) in [6.45, 7) is 4.46. The number of nitro benzene ring substituents is 1. The monoisotopic (exact) mass is 340 g/mol. The zero-order valence-corrected chi connectivity index (χ0v) is 13.0. The van der Waals surface area contributed by atoms with Crippen LogP contribution in [0.1, 0.15) is 15.3 Å². The normalized spacial score (nSPS) is 10.5. The smallest absolute Gasteiger partial charge is 0.292 e. The molecule has 0 saturated carbocycles. The molecular weight excluding hydrogens is 328 g/mol. The van der Waals surface area contributed by atoms with Crippen molar-refractivity contribution in [1.29, 1.82) is 0 Å². The van der Waals surface area contributed by atoms with E-state index in [-0.39, 0.29) is 10.6 Å². The molecular formula is C13H13BrN2O2S. The molecule has 0 amide bonds. The van der Waals surface area contributed by atoms with Crippen LogP contribution in [0.4, 0.5) is 11.4 Å². The Morgan fingerprint density at radius 1 is 1.37 bits per heavy atom. The summed E-state index contributed by atoms with van der Waals surface area (Å²) in [6.07, 6.45) is 0. The van der Waals surface area contributed by atoms with Crippen LogP contribution in [0.15, 0.2) is 28.7 Å². The Morgan fingerprint density at radius 3 is 2.68 bits per heavy atom. The molecule has 0 unspecified atom stereocenters. The third-order valence-electron chi connectivity index (χ3n) is 2.71. The maximum atomic E-state index is 11.0. The summed E-state index contributed by atoms with van der Waals surface area (Å²) in [4.78, 5) is 13.0. The van der Waals surface area contributed by atoms with Gasteiger partial charge in [-0.3, -0.25) is 10.1 Å². The molecule has 100 valence electrons. The van der Waals surface area contributed by atoms with E-state index in [9.17, 15) is 10.1 Å². The highest BCUT2D eigenvalue weighted by molar-refractivity contribution is 9.10. The van der Waals surface area contributed by atoms with Crippen molar-refractivity contribution >= 4 is 38.6 Å². The van der Waals surface area contributed by atoms with E-state index in [1.54, 1.807) is 23.5 Å². The molecule has 19 heavy (non-hydrogen) atoms. The molecule has 0 aliphatic heterocycles. The molecule has 2 rings (SSSR count). The van der Waals surface area contributed by atoms with E-state index in [4.69, 9.17) is 0 Å². The Hall–Kier alpha value is -1.40. The number of nitro groups is 1. The van der Waals surface area contributed by atoms with Crippen LogP contribution in [-0.2, 0) is 6.54 Å². The Balaban J connectivity index is 2.17. The largest absolute Gasteiger partial charge is 0.375 e. The van der Waals surface area contributed by atoms with E-state index in [2.05, 4.69) is 21.2 Å². The number of hydrogen-bond donors (Lipinski definition) is 1. The first kappa shape index (κ1) is 14.0. The fourth-order valence-corrected chi connectivity index (χ4v) is 3.27. The number of aryl methyl sites for hydroxylation is 2. The Labute approximate surface area is 123 Å². The van der Waals surface area contributed by atoms with Gasteiger partial charge in [0.25, 0.3) is 5.69 Å². The molecule has 0 atom stereocenters. The van der Waals surface area contributed by atoms with E-state index < -0.39 is 0 Å². The maximum absolute atomic E-state index is 11.0. The van der Waals surface area contributed by atoms with Crippen LogP contribution in [-0.4, -0.2) is 4.92 Å². The number of nitrogens with one attached hydrogen (secondary N) is 1. The highest BCUT2D eigenvalue weighted by Gasteiger charge is 2.13. The van der Waals surface area contributed by atoms with Crippen molar-refractivity contribution in [2.75, 3.05) is 5.32 Å². The first-order valence-corrected chi connectivity index (χ1v) is 7.32. The van der Waals surface area contributed by atoms with Crippen LogP contribution in [0.5, 0.6) is 0 Å². The van der Waals surface area contributed by atoms with E-state index in [0.717, 1.165) is 14.9 Å². The van der Waals surface area contributed by atoms with Crippen molar-refractivity contribution in [1.82, 2.24) is 0 Å². The zero-order valence-electron chi connectivity index (χ0n) is 10.6. The zero-order chi connectivity index (χ0) is 14.0. The highest BCUT2D eigenvalue weighted by atomic mass is 79.9. The van der Waals surface area contributed by atoms with Crippen LogP contribution >= 0.6 is 27.3 Å². The second kappa shape index (κ2) is 5.71. The third-order valence-corrected chi connectivity index (χ3v) is 4.85. The lowest BCUT2D eigenvalue weighted by Crippen LogP contribution is -2.01. The van der Waals surface area contributed by atoms with Crippen molar-refractivity contribution in [3.63, 3.8) is 0 Å². The molecule has 0 bridgehead atoms. The van der Waals surface area contributed by atoms with Crippen LogP contribution in [0.3, 0.4) is 0 Å². The Kier molecular flexibility index (Phi) is 4.21. The summed E-state index contributed by atoms with van der Waals surface area (Å²) in [5, 5.41) is 14.1. The summed E-state index contributed by atoms with van der Waals surface area (Å²) in [6, 6.07) is 7.23. The summed E-state index contributed by atoms with van der Waals surface area (Å²) in [5.41, 5.74) is 1.55. The van der Waals surface area contributed by atoms with E-state index in [1.165, 1.54) is 4.88 Å². The molecule has 4 nitrogen and oxygen atoms in total. The van der Waals surface area contributed by atoms with Crippen LogP contribution in [0.25, 0.3) is 0 Å². The summed E-state index contributed by atoms with van der Waals surface area (Å²) in [5.74, 6) is 0. The summed E-state index contributed by atoms with van der Waals surface area (Å²) < 4.78 is 1.08. The molecule has 2 aromatic rings. The Morgan fingerprint density at radius 2 is 2.11 bits per heavy atom. The molecule has 0 saturated heterocycles. The van der Waals surface area contributed by atoms with Gasteiger partial charge in [0.05, 0.1) is 4.92 Å². The van der Waals surface area contributed by atoms with Gasteiger partial charge in [-0.25, -0.2) is 0 Å². The molecule has 0 aliphatic rings. The predicted molar refractivity (Wildman–Crippen MR) is 81.9 cm³/mol. The topological polar surface area (TPSA) is 55.2 Å². The lowest BCUT2D eigenvalue weighted by Gasteiger charge is -2.06. The molecule has 0 spiro atoms. The number of anilines is 1. The fourth-order valence-electron chi connectivity index (χ4n) is 1.73. The molecule has 6 heteroatoms. The number of halogens is 1. The van der Waals surface area contributed by atoms with Crippen LogP contribution in [0.2, 0.25) is 0 Å². The highest BCUT2D eigenvalue weighted by Crippen LogP contribution is 2.29. The first-order chi connectivity index (χ1) is 8.97. The number of hydrogen-bond acceptors (Lipinski definition) is 4. The van der Waals surface area contributed by atoms with Crippen molar-refractivity contribution in [2.45, 2.75) is 20.4 Å². The van der Waals surface area contributed by atoms with Gasteiger partial charge in [0.2, 0.25) is 0 Å². The summed E-state index contributed by atoms with van der Waals surface area (Å²) >= 11 is 5.14.